The Kier molecular flexibility index (Phi) is 6.25. The molecule has 2 heterocycles. The molecule has 10 heteroatoms. The lowest BCUT2D eigenvalue weighted by atomic mass is 10.1. The van der Waals surface area contributed by atoms with Crippen LogP contribution in [0.5, 0.6) is 0 Å². The first-order valence-electron chi connectivity index (χ1n) is 8.96. The van der Waals surface area contributed by atoms with E-state index in [1.54, 1.807) is 31.7 Å². The number of nitrogens with one attached hydrogen (secondary N) is 1. The molecule has 0 aliphatic rings. The number of aryl methyl sites for hydroxylation is 1. The summed E-state index contributed by atoms with van der Waals surface area (Å²) in [6, 6.07) is 8.17. The number of nitrogens with zero attached hydrogens (tertiary/aromatic N) is 3. The van der Waals surface area contributed by atoms with Gasteiger partial charge in [-0.3, -0.25) is 9.20 Å². The van der Waals surface area contributed by atoms with Crippen molar-refractivity contribution in [2.75, 3.05) is 12.0 Å². The van der Waals surface area contributed by atoms with Crippen LogP contribution in [-0.4, -0.2) is 40.9 Å². The van der Waals surface area contributed by atoms with E-state index in [0.717, 1.165) is 5.75 Å². The smallest absolute Gasteiger partial charge is 0.251 e. The predicted octanol–water partition coefficient (Wildman–Crippen LogP) is 2.22. The van der Waals surface area contributed by atoms with Gasteiger partial charge in [0.15, 0.2) is 11.5 Å². The lowest BCUT2D eigenvalue weighted by molar-refractivity contribution is 0.0933. The van der Waals surface area contributed by atoms with Crippen molar-refractivity contribution >= 4 is 33.3 Å². The molecule has 0 saturated carbocycles. The number of hydrogen-bond donors (Lipinski definition) is 2. The number of amides is 1. The Morgan fingerprint density at radius 2 is 2.03 bits per heavy atom. The van der Waals surface area contributed by atoms with Gasteiger partial charge in [-0.05, 0) is 67.7 Å². The molecule has 1 atom stereocenters. The van der Waals surface area contributed by atoms with Crippen LogP contribution in [0.4, 0.5) is 0 Å². The highest BCUT2D eigenvalue weighted by molar-refractivity contribution is 7.98. The molecular formula is C19H23N5O3S2. The quantitative estimate of drug-likeness (QED) is 0.590. The molecule has 0 aliphatic heterocycles. The van der Waals surface area contributed by atoms with Crippen LogP contribution in [0.2, 0.25) is 0 Å². The molecule has 154 valence electrons. The van der Waals surface area contributed by atoms with Crippen molar-refractivity contribution in [3.8, 4) is 0 Å². The van der Waals surface area contributed by atoms with Crippen LogP contribution in [-0.2, 0) is 10.0 Å². The molecule has 0 spiro atoms. The van der Waals surface area contributed by atoms with E-state index < -0.39 is 15.9 Å². The molecule has 8 nitrogen and oxygen atoms in total. The Labute approximate surface area is 174 Å². The molecule has 1 aromatic carbocycles. The summed E-state index contributed by atoms with van der Waals surface area (Å²) >= 11 is 1.66. The number of aromatic nitrogens is 3. The zero-order valence-electron chi connectivity index (χ0n) is 16.4. The van der Waals surface area contributed by atoms with Gasteiger partial charge in [0.1, 0.15) is 0 Å². The summed E-state index contributed by atoms with van der Waals surface area (Å²) in [4.78, 5) is 12.9. The van der Waals surface area contributed by atoms with Gasteiger partial charge in [0.05, 0.1) is 10.9 Å². The number of thioether (sulfide) groups is 1. The monoisotopic (exact) mass is 433 g/mol. The molecule has 0 aliphatic carbocycles. The fourth-order valence-corrected chi connectivity index (χ4v) is 4.44. The van der Waals surface area contributed by atoms with E-state index in [-0.39, 0.29) is 16.5 Å². The zero-order chi connectivity index (χ0) is 21.2. The van der Waals surface area contributed by atoms with Gasteiger partial charge in [-0.1, -0.05) is 6.07 Å². The molecule has 0 bridgehead atoms. The highest BCUT2D eigenvalue weighted by Gasteiger charge is 2.23. The zero-order valence-corrected chi connectivity index (χ0v) is 18.0. The first-order valence-corrected chi connectivity index (χ1v) is 11.9. The number of fused-ring (bicyclic) bond motifs is 1. The summed E-state index contributed by atoms with van der Waals surface area (Å²) in [5, 5.41) is 16.7. The van der Waals surface area contributed by atoms with Crippen molar-refractivity contribution in [2.45, 2.75) is 31.2 Å². The van der Waals surface area contributed by atoms with Gasteiger partial charge in [0.25, 0.3) is 5.91 Å². The summed E-state index contributed by atoms with van der Waals surface area (Å²) in [5.41, 5.74) is 2.13. The summed E-state index contributed by atoms with van der Waals surface area (Å²) in [6.45, 7) is 3.42. The number of benzene rings is 1. The molecule has 0 saturated heterocycles. The maximum Gasteiger partial charge on any atom is 0.251 e. The maximum absolute atomic E-state index is 13.0. The Morgan fingerprint density at radius 3 is 2.72 bits per heavy atom. The average molecular weight is 434 g/mol. The molecule has 2 aromatic heterocycles. The van der Waals surface area contributed by atoms with Crippen LogP contribution in [0.15, 0.2) is 41.4 Å². The van der Waals surface area contributed by atoms with Crippen LogP contribution in [0.3, 0.4) is 0 Å². The Morgan fingerprint density at radius 1 is 1.28 bits per heavy atom. The normalized spacial score (nSPS) is 12.8. The van der Waals surface area contributed by atoms with E-state index in [2.05, 4.69) is 15.5 Å². The topological polar surface area (TPSA) is 119 Å². The molecule has 3 aromatic rings. The summed E-state index contributed by atoms with van der Waals surface area (Å²) < 4.78 is 25.6. The number of sulfonamides is 1. The van der Waals surface area contributed by atoms with E-state index in [4.69, 9.17) is 5.14 Å². The van der Waals surface area contributed by atoms with Crippen LogP contribution in [0, 0.1) is 13.8 Å². The van der Waals surface area contributed by atoms with Gasteiger partial charge < -0.3 is 5.32 Å². The van der Waals surface area contributed by atoms with Crippen LogP contribution < -0.4 is 10.5 Å². The maximum atomic E-state index is 13.0. The van der Waals surface area contributed by atoms with Crippen molar-refractivity contribution in [3.63, 3.8) is 0 Å². The van der Waals surface area contributed by atoms with Gasteiger partial charge in [0, 0.05) is 11.8 Å². The summed E-state index contributed by atoms with van der Waals surface area (Å²) in [6.07, 6.45) is 4.48. The fourth-order valence-electron chi connectivity index (χ4n) is 3.09. The largest absolute Gasteiger partial charge is 0.342 e. The highest BCUT2D eigenvalue weighted by atomic mass is 32.2. The second-order valence-corrected chi connectivity index (χ2v) is 9.27. The first-order chi connectivity index (χ1) is 13.7. The molecule has 29 heavy (non-hydrogen) atoms. The SMILES string of the molecule is CSCCC(NC(=O)c1cc(C)c(C)c(S(N)(=O)=O)c1)c1nnc2ccccn12. The second-order valence-electron chi connectivity index (χ2n) is 6.76. The molecule has 0 radical (unpaired) electrons. The van der Waals surface area contributed by atoms with Gasteiger partial charge in [-0.25, -0.2) is 13.6 Å². The van der Waals surface area contributed by atoms with E-state index >= 15 is 0 Å². The van der Waals surface area contributed by atoms with Crippen molar-refractivity contribution in [1.82, 2.24) is 19.9 Å². The Balaban J connectivity index is 1.96. The third-order valence-electron chi connectivity index (χ3n) is 4.76. The third kappa shape index (κ3) is 4.60. The van der Waals surface area contributed by atoms with Gasteiger partial charge in [-0.15, -0.1) is 10.2 Å². The summed E-state index contributed by atoms with van der Waals surface area (Å²) in [7, 11) is -3.94. The minimum absolute atomic E-state index is 0.0451. The van der Waals surface area contributed by atoms with Crippen LogP contribution in [0.1, 0.15) is 39.8 Å². The van der Waals surface area contributed by atoms with Crippen molar-refractivity contribution in [3.05, 3.63) is 59.0 Å². The van der Waals surface area contributed by atoms with E-state index in [9.17, 15) is 13.2 Å². The number of carbonyl (C=O) groups excluding carboxylic acids is 1. The van der Waals surface area contributed by atoms with Crippen molar-refractivity contribution in [2.24, 2.45) is 5.14 Å². The van der Waals surface area contributed by atoms with E-state index in [0.29, 0.717) is 29.0 Å². The second kappa shape index (κ2) is 8.52. The standard InChI is InChI=1S/C19H23N5O3S2/c1-12-10-14(11-16(13(12)2)29(20,26)27)19(25)21-15(7-9-28-3)18-23-22-17-6-4-5-8-24(17)18/h4-6,8,10-11,15H,7,9H2,1-3H3,(H,21,25)(H2,20,26,27). The Hall–Kier alpha value is -2.43. The van der Waals surface area contributed by atoms with Gasteiger partial charge >= 0.3 is 0 Å². The highest BCUT2D eigenvalue weighted by Crippen LogP contribution is 2.22. The third-order valence-corrected chi connectivity index (χ3v) is 6.44. The van der Waals surface area contributed by atoms with Gasteiger partial charge in [0.2, 0.25) is 10.0 Å². The van der Waals surface area contributed by atoms with Crippen molar-refractivity contribution in [1.29, 1.82) is 0 Å². The Bertz CT molecular complexity index is 1160. The molecule has 0 fully saturated rings. The molecule has 3 N–H and O–H groups in total. The van der Waals surface area contributed by atoms with Crippen molar-refractivity contribution < 1.29 is 13.2 Å². The van der Waals surface area contributed by atoms with Crippen LogP contribution in [0.25, 0.3) is 5.65 Å². The molecule has 1 amide bonds. The lowest BCUT2D eigenvalue weighted by Gasteiger charge is -2.18. The number of carbonyl (C=O) groups is 1. The number of rotatable bonds is 7. The predicted molar refractivity (Wildman–Crippen MR) is 113 cm³/mol. The minimum atomic E-state index is -3.94. The van der Waals surface area contributed by atoms with Gasteiger partial charge in [-0.2, -0.15) is 11.8 Å². The first kappa shape index (κ1) is 21.3. The number of nitrogens with two attached hydrogens (primary N) is 1. The number of pyridine rings is 1. The lowest BCUT2D eigenvalue weighted by Crippen LogP contribution is -2.31. The van der Waals surface area contributed by atoms with E-state index in [1.165, 1.54) is 6.07 Å². The van der Waals surface area contributed by atoms with E-state index in [1.807, 2.05) is 35.1 Å². The summed E-state index contributed by atoms with van der Waals surface area (Å²) in [5.74, 6) is 1.04. The molecule has 3 rings (SSSR count). The number of primary sulfonamides is 1. The van der Waals surface area contributed by atoms with Crippen LogP contribution >= 0.6 is 11.8 Å². The fraction of sp³-hybridized carbons (Fsp3) is 0.316. The molecule has 1 unspecified atom stereocenters. The average Bonchev–Trinajstić information content (AvgIpc) is 3.10. The molecular weight excluding hydrogens is 410 g/mol. The number of hydrogen-bond acceptors (Lipinski definition) is 6. The minimum Gasteiger partial charge on any atom is -0.342 e.